The van der Waals surface area contributed by atoms with Crippen LogP contribution in [0.25, 0.3) is 0 Å². The topological polar surface area (TPSA) is 56.5 Å². The maximum Gasteiger partial charge on any atom is 0.122 e. The van der Waals surface area contributed by atoms with E-state index < -0.39 is 0 Å². The summed E-state index contributed by atoms with van der Waals surface area (Å²) in [6, 6.07) is 6.13. The average Bonchev–Trinajstić information content (AvgIpc) is 2.35. The molecule has 0 aliphatic rings. The predicted molar refractivity (Wildman–Crippen MR) is 64.9 cm³/mol. The van der Waals surface area contributed by atoms with Crippen molar-refractivity contribution in [2.75, 3.05) is 20.8 Å². The van der Waals surface area contributed by atoms with Crippen molar-refractivity contribution in [1.29, 1.82) is 0 Å². The maximum atomic E-state index is 5.54. The molecule has 16 heavy (non-hydrogen) atoms. The third-order valence-electron chi connectivity index (χ3n) is 2.42. The maximum absolute atomic E-state index is 5.54. The molecule has 0 radical (unpaired) electrons. The molecule has 0 heterocycles. The van der Waals surface area contributed by atoms with Crippen molar-refractivity contribution in [3.63, 3.8) is 0 Å². The number of hydrogen-bond acceptors (Lipinski definition) is 4. The molecule has 0 aliphatic carbocycles. The summed E-state index contributed by atoms with van der Waals surface area (Å²) in [5.74, 6) is 1.60. The lowest BCUT2D eigenvalue weighted by atomic mass is 10.2. The number of benzene rings is 1. The molecule has 1 aromatic carbocycles. The molecule has 0 bridgehead atoms. The molecular weight excluding hydrogens is 204 g/mol. The summed E-state index contributed by atoms with van der Waals surface area (Å²) in [6.07, 6.45) is 0. The smallest absolute Gasteiger partial charge is 0.122 e. The van der Waals surface area contributed by atoms with Crippen molar-refractivity contribution >= 4 is 0 Å². The lowest BCUT2D eigenvalue weighted by Gasteiger charge is -2.13. The fraction of sp³-hybridized carbons (Fsp3) is 0.500. The Hall–Kier alpha value is -1.26. The summed E-state index contributed by atoms with van der Waals surface area (Å²) in [7, 11) is 3.29. The van der Waals surface area contributed by atoms with Crippen LogP contribution in [0, 0.1) is 0 Å². The third kappa shape index (κ3) is 3.72. The van der Waals surface area contributed by atoms with Gasteiger partial charge in [-0.25, -0.2) is 0 Å². The Balaban J connectivity index is 2.71. The zero-order chi connectivity index (χ0) is 12.0. The van der Waals surface area contributed by atoms with E-state index in [2.05, 4.69) is 12.2 Å². The minimum Gasteiger partial charge on any atom is -0.497 e. The third-order valence-corrected chi connectivity index (χ3v) is 2.42. The SMILES string of the molecule is COc1cc(CNC(C)CN)cc(OC)c1. The molecule has 0 spiro atoms. The highest BCUT2D eigenvalue weighted by Crippen LogP contribution is 2.22. The predicted octanol–water partition coefficient (Wildman–Crippen LogP) is 1.14. The molecule has 0 saturated heterocycles. The molecule has 1 aromatic rings. The largest absolute Gasteiger partial charge is 0.497 e. The Morgan fingerprint density at radius 1 is 1.19 bits per heavy atom. The van der Waals surface area contributed by atoms with E-state index in [0.29, 0.717) is 12.6 Å². The Kier molecular flexibility index (Phi) is 5.08. The summed E-state index contributed by atoms with van der Waals surface area (Å²) in [5, 5.41) is 3.32. The zero-order valence-corrected chi connectivity index (χ0v) is 10.1. The molecule has 0 amide bonds. The van der Waals surface area contributed by atoms with Gasteiger partial charge in [0.2, 0.25) is 0 Å². The molecule has 0 fully saturated rings. The molecule has 4 nitrogen and oxygen atoms in total. The highest BCUT2D eigenvalue weighted by Gasteiger charge is 2.03. The summed E-state index contributed by atoms with van der Waals surface area (Å²) in [6.45, 7) is 3.43. The van der Waals surface area contributed by atoms with Crippen LogP contribution in [-0.2, 0) is 6.54 Å². The summed E-state index contributed by atoms with van der Waals surface area (Å²) < 4.78 is 10.4. The highest BCUT2D eigenvalue weighted by atomic mass is 16.5. The van der Waals surface area contributed by atoms with E-state index >= 15 is 0 Å². The second kappa shape index (κ2) is 6.35. The number of rotatable bonds is 6. The number of ether oxygens (including phenoxy) is 2. The van der Waals surface area contributed by atoms with Gasteiger partial charge in [-0.05, 0) is 24.6 Å². The molecule has 0 aromatic heterocycles. The first-order chi connectivity index (χ1) is 7.69. The Morgan fingerprint density at radius 3 is 2.19 bits per heavy atom. The number of hydrogen-bond donors (Lipinski definition) is 2. The van der Waals surface area contributed by atoms with Crippen LogP contribution in [0.15, 0.2) is 18.2 Å². The van der Waals surface area contributed by atoms with Gasteiger partial charge in [0.05, 0.1) is 14.2 Å². The van der Waals surface area contributed by atoms with Crippen LogP contribution in [0.5, 0.6) is 11.5 Å². The quantitative estimate of drug-likeness (QED) is 0.761. The fourth-order valence-electron chi connectivity index (χ4n) is 1.34. The number of methoxy groups -OCH3 is 2. The van der Waals surface area contributed by atoms with Gasteiger partial charge in [0.1, 0.15) is 11.5 Å². The molecular formula is C12H20N2O2. The average molecular weight is 224 g/mol. The standard InChI is InChI=1S/C12H20N2O2/c1-9(7-13)14-8-10-4-11(15-2)6-12(5-10)16-3/h4-6,9,14H,7-8,13H2,1-3H3. The Bertz CT molecular complexity index is 307. The van der Waals surface area contributed by atoms with Gasteiger partial charge in [-0.2, -0.15) is 0 Å². The molecule has 0 saturated carbocycles. The van der Waals surface area contributed by atoms with Gasteiger partial charge < -0.3 is 20.5 Å². The Morgan fingerprint density at radius 2 is 1.75 bits per heavy atom. The van der Waals surface area contributed by atoms with Gasteiger partial charge in [-0.15, -0.1) is 0 Å². The van der Waals surface area contributed by atoms with Gasteiger partial charge in [0.25, 0.3) is 0 Å². The molecule has 4 heteroatoms. The van der Waals surface area contributed by atoms with Crippen molar-refractivity contribution in [3.8, 4) is 11.5 Å². The van der Waals surface area contributed by atoms with Crippen LogP contribution in [0.3, 0.4) is 0 Å². The van der Waals surface area contributed by atoms with E-state index in [9.17, 15) is 0 Å². The van der Waals surface area contributed by atoms with Crippen LogP contribution < -0.4 is 20.5 Å². The minimum atomic E-state index is 0.303. The normalized spacial score (nSPS) is 12.2. The van der Waals surface area contributed by atoms with Crippen LogP contribution in [0.1, 0.15) is 12.5 Å². The van der Waals surface area contributed by atoms with Gasteiger partial charge in [-0.3, -0.25) is 0 Å². The van der Waals surface area contributed by atoms with Crippen molar-refractivity contribution in [3.05, 3.63) is 23.8 Å². The van der Waals surface area contributed by atoms with E-state index in [-0.39, 0.29) is 0 Å². The summed E-state index contributed by atoms with van der Waals surface area (Å²) in [4.78, 5) is 0. The Labute approximate surface area is 96.7 Å². The van der Waals surface area contributed by atoms with Crippen LogP contribution in [0.2, 0.25) is 0 Å². The second-order valence-corrected chi connectivity index (χ2v) is 3.74. The molecule has 1 atom stereocenters. The van der Waals surface area contributed by atoms with Gasteiger partial charge in [0, 0.05) is 25.2 Å². The van der Waals surface area contributed by atoms with Crippen LogP contribution in [-0.4, -0.2) is 26.8 Å². The van der Waals surface area contributed by atoms with Gasteiger partial charge >= 0.3 is 0 Å². The van der Waals surface area contributed by atoms with Crippen LogP contribution >= 0.6 is 0 Å². The van der Waals surface area contributed by atoms with Gasteiger partial charge in [0.15, 0.2) is 0 Å². The van der Waals surface area contributed by atoms with E-state index in [4.69, 9.17) is 15.2 Å². The van der Waals surface area contributed by atoms with Crippen molar-refractivity contribution < 1.29 is 9.47 Å². The monoisotopic (exact) mass is 224 g/mol. The fourth-order valence-corrected chi connectivity index (χ4v) is 1.34. The van der Waals surface area contributed by atoms with E-state index in [1.165, 1.54) is 0 Å². The lowest BCUT2D eigenvalue weighted by molar-refractivity contribution is 0.392. The first-order valence-corrected chi connectivity index (χ1v) is 5.35. The molecule has 3 N–H and O–H groups in total. The molecule has 90 valence electrons. The summed E-state index contributed by atoms with van der Waals surface area (Å²) in [5.41, 5.74) is 6.66. The van der Waals surface area contributed by atoms with E-state index in [0.717, 1.165) is 23.6 Å². The second-order valence-electron chi connectivity index (χ2n) is 3.74. The zero-order valence-electron chi connectivity index (χ0n) is 10.1. The highest BCUT2D eigenvalue weighted by molar-refractivity contribution is 5.38. The number of nitrogens with one attached hydrogen (secondary N) is 1. The van der Waals surface area contributed by atoms with E-state index in [1.54, 1.807) is 14.2 Å². The first kappa shape index (κ1) is 12.8. The minimum absolute atomic E-state index is 0.303. The first-order valence-electron chi connectivity index (χ1n) is 5.35. The molecule has 0 aliphatic heterocycles. The van der Waals surface area contributed by atoms with E-state index in [1.807, 2.05) is 18.2 Å². The molecule has 1 rings (SSSR count). The van der Waals surface area contributed by atoms with Crippen molar-refractivity contribution in [2.24, 2.45) is 5.73 Å². The lowest BCUT2D eigenvalue weighted by Crippen LogP contribution is -2.32. The van der Waals surface area contributed by atoms with Gasteiger partial charge in [-0.1, -0.05) is 0 Å². The summed E-state index contributed by atoms with van der Waals surface area (Å²) >= 11 is 0. The molecule has 1 unspecified atom stereocenters. The van der Waals surface area contributed by atoms with Crippen molar-refractivity contribution in [2.45, 2.75) is 19.5 Å². The number of nitrogens with two attached hydrogens (primary N) is 1. The van der Waals surface area contributed by atoms with Crippen LogP contribution in [0.4, 0.5) is 0 Å². The van der Waals surface area contributed by atoms with Crippen molar-refractivity contribution in [1.82, 2.24) is 5.32 Å².